The molecule has 0 atom stereocenters. The second kappa shape index (κ2) is 8.23. The van der Waals surface area contributed by atoms with Crippen LogP contribution in [0.15, 0.2) is 87.5 Å². The smallest absolute Gasteiger partial charge is 0.255 e. The fourth-order valence-corrected chi connectivity index (χ4v) is 4.91. The molecule has 0 saturated heterocycles. The molecule has 0 amide bonds. The molecule has 1 aliphatic carbocycles. The first-order valence-electron chi connectivity index (χ1n) is 9.24. The van der Waals surface area contributed by atoms with Crippen LogP contribution >= 0.6 is 0 Å². The fraction of sp³-hybridized carbons (Fsp3) is 0. The van der Waals surface area contributed by atoms with Gasteiger partial charge in [-0.25, -0.2) is 26.4 Å². The van der Waals surface area contributed by atoms with Crippen molar-refractivity contribution in [3.63, 3.8) is 0 Å². The number of fused-ring (bicyclic) bond motifs is 1. The van der Waals surface area contributed by atoms with Crippen molar-refractivity contribution in [1.29, 1.82) is 0 Å². The van der Waals surface area contributed by atoms with Gasteiger partial charge in [-0.15, -0.1) is 0 Å². The Morgan fingerprint density at radius 2 is 1.59 bits per heavy atom. The van der Waals surface area contributed by atoms with Crippen molar-refractivity contribution in [2.75, 3.05) is 4.72 Å². The SMILES string of the molecule is NS(=O)(=O)c1c(F)cccc1NS(=O)(=O)/C=C/c1ccccc1-c1ccc2cccc-2o1. The van der Waals surface area contributed by atoms with Gasteiger partial charge in [0.05, 0.1) is 11.1 Å². The molecule has 2 aromatic rings. The van der Waals surface area contributed by atoms with Crippen molar-refractivity contribution >= 4 is 31.8 Å². The van der Waals surface area contributed by atoms with Gasteiger partial charge in [0.15, 0.2) is 0 Å². The maximum atomic E-state index is 14.0. The number of benzene rings is 2. The molecule has 2 aliphatic rings. The van der Waals surface area contributed by atoms with Crippen LogP contribution in [0.4, 0.5) is 10.1 Å². The molecule has 32 heavy (non-hydrogen) atoms. The van der Waals surface area contributed by atoms with Gasteiger partial charge in [-0.2, -0.15) is 0 Å². The molecule has 0 saturated carbocycles. The quantitative estimate of drug-likeness (QED) is 0.435. The summed E-state index contributed by atoms with van der Waals surface area (Å²) in [5.74, 6) is 0.0692. The predicted octanol–water partition coefficient (Wildman–Crippen LogP) is 4.25. The van der Waals surface area contributed by atoms with E-state index in [-0.39, 0.29) is 0 Å². The minimum absolute atomic E-state index is 0.484. The first-order valence-corrected chi connectivity index (χ1v) is 12.3. The molecule has 4 rings (SSSR count). The first-order chi connectivity index (χ1) is 15.1. The Morgan fingerprint density at radius 1 is 0.844 bits per heavy atom. The maximum absolute atomic E-state index is 14.0. The number of anilines is 1. The zero-order valence-electron chi connectivity index (χ0n) is 16.4. The summed E-state index contributed by atoms with van der Waals surface area (Å²) >= 11 is 0. The van der Waals surface area contributed by atoms with Crippen molar-refractivity contribution in [2.24, 2.45) is 5.14 Å². The molecule has 0 bridgehead atoms. The summed E-state index contributed by atoms with van der Waals surface area (Å²) < 4.78 is 70.4. The highest BCUT2D eigenvalue weighted by atomic mass is 32.2. The zero-order valence-corrected chi connectivity index (χ0v) is 18.0. The average molecular weight is 473 g/mol. The number of halogens is 1. The molecule has 7 nitrogen and oxygen atoms in total. The summed E-state index contributed by atoms with van der Waals surface area (Å²) in [5, 5.41) is 5.88. The summed E-state index contributed by atoms with van der Waals surface area (Å²) in [6.45, 7) is 0. The maximum Gasteiger partial charge on any atom is 0.255 e. The number of hydrogen-bond donors (Lipinski definition) is 2. The van der Waals surface area contributed by atoms with E-state index in [4.69, 9.17) is 9.56 Å². The highest BCUT2D eigenvalue weighted by molar-refractivity contribution is 7.95. The Balaban J connectivity index is 1.68. The highest BCUT2D eigenvalue weighted by Gasteiger charge is 2.22. The lowest BCUT2D eigenvalue weighted by atomic mass is 10.0. The van der Waals surface area contributed by atoms with Gasteiger partial charge in [0.2, 0.25) is 10.0 Å². The van der Waals surface area contributed by atoms with Crippen LogP contribution < -0.4 is 9.86 Å². The lowest BCUT2D eigenvalue weighted by Crippen LogP contribution is -2.19. The lowest BCUT2D eigenvalue weighted by Gasteiger charge is -2.10. The predicted molar refractivity (Wildman–Crippen MR) is 120 cm³/mol. The van der Waals surface area contributed by atoms with Crippen molar-refractivity contribution in [3.8, 4) is 22.6 Å². The van der Waals surface area contributed by atoms with Crippen LogP contribution in [0.25, 0.3) is 28.7 Å². The third-order valence-corrected chi connectivity index (χ3v) is 6.58. The largest absolute Gasteiger partial charge is 0.456 e. The van der Waals surface area contributed by atoms with Crippen LogP contribution in [0.1, 0.15) is 5.56 Å². The molecule has 2 aromatic carbocycles. The third kappa shape index (κ3) is 4.57. The summed E-state index contributed by atoms with van der Waals surface area (Å²) in [6.07, 6.45) is 1.33. The first kappa shape index (κ1) is 21.8. The molecular formula is C22H17FN2O5S2. The topological polar surface area (TPSA) is 119 Å². The van der Waals surface area contributed by atoms with Crippen LogP contribution in [0.5, 0.6) is 0 Å². The van der Waals surface area contributed by atoms with E-state index in [0.29, 0.717) is 22.6 Å². The van der Waals surface area contributed by atoms with E-state index in [9.17, 15) is 21.2 Å². The van der Waals surface area contributed by atoms with E-state index >= 15 is 0 Å². The van der Waals surface area contributed by atoms with Gasteiger partial charge in [0.1, 0.15) is 22.2 Å². The summed E-state index contributed by atoms with van der Waals surface area (Å²) in [7, 11) is -8.70. The summed E-state index contributed by atoms with van der Waals surface area (Å²) in [4.78, 5) is -0.931. The van der Waals surface area contributed by atoms with Gasteiger partial charge in [0, 0.05) is 11.1 Å². The van der Waals surface area contributed by atoms with E-state index in [2.05, 4.69) is 0 Å². The van der Waals surface area contributed by atoms with E-state index in [1.807, 2.05) is 29.0 Å². The van der Waals surface area contributed by atoms with Crippen LogP contribution in [-0.4, -0.2) is 16.8 Å². The normalized spacial score (nSPS) is 12.4. The number of rotatable bonds is 6. The van der Waals surface area contributed by atoms with Crippen LogP contribution in [0.3, 0.4) is 0 Å². The molecule has 3 N–H and O–H groups in total. The lowest BCUT2D eigenvalue weighted by molar-refractivity contribution is 0.569. The monoisotopic (exact) mass is 472 g/mol. The van der Waals surface area contributed by atoms with Crippen molar-refractivity contribution in [3.05, 3.63) is 89.6 Å². The number of hydrogen-bond acceptors (Lipinski definition) is 5. The molecular weight excluding hydrogens is 455 g/mol. The molecule has 0 fully saturated rings. The van der Waals surface area contributed by atoms with Crippen molar-refractivity contribution < 1.29 is 25.6 Å². The average Bonchev–Trinajstić information content (AvgIpc) is 3.19. The van der Waals surface area contributed by atoms with Gasteiger partial charge in [0.25, 0.3) is 10.0 Å². The van der Waals surface area contributed by atoms with E-state index in [1.165, 1.54) is 12.1 Å². The Labute approximate surface area is 184 Å². The molecule has 0 unspecified atom stereocenters. The van der Waals surface area contributed by atoms with Crippen LogP contribution in [0.2, 0.25) is 0 Å². The van der Waals surface area contributed by atoms with Crippen LogP contribution in [0, 0.1) is 5.82 Å². The second-order valence-electron chi connectivity index (χ2n) is 6.84. The van der Waals surface area contributed by atoms with Crippen molar-refractivity contribution in [2.45, 2.75) is 4.90 Å². The molecule has 0 aromatic heterocycles. The number of nitrogens with two attached hydrogens (primary N) is 1. The Hall–Kier alpha value is -3.47. The Kier molecular flexibility index (Phi) is 5.59. The minimum Gasteiger partial charge on any atom is -0.456 e. The number of primary sulfonamides is 1. The Morgan fingerprint density at radius 3 is 2.38 bits per heavy atom. The molecule has 0 spiro atoms. The second-order valence-corrected chi connectivity index (χ2v) is 9.91. The van der Waals surface area contributed by atoms with Crippen molar-refractivity contribution in [1.82, 2.24) is 0 Å². The molecule has 10 heteroatoms. The van der Waals surface area contributed by atoms with E-state index in [1.54, 1.807) is 30.3 Å². The Bertz CT molecular complexity index is 1510. The molecule has 0 radical (unpaired) electrons. The van der Waals surface area contributed by atoms with Gasteiger partial charge < -0.3 is 4.42 Å². The third-order valence-electron chi connectivity index (χ3n) is 4.60. The molecule has 164 valence electrons. The zero-order chi connectivity index (χ0) is 22.9. The molecule has 1 aliphatic heterocycles. The van der Waals surface area contributed by atoms with Gasteiger partial charge in [-0.1, -0.05) is 42.5 Å². The minimum atomic E-state index is -4.50. The summed E-state index contributed by atoms with van der Waals surface area (Å²) in [5.41, 5.74) is 1.65. The van der Waals surface area contributed by atoms with Crippen LogP contribution in [-0.2, 0) is 20.0 Å². The van der Waals surface area contributed by atoms with Gasteiger partial charge >= 0.3 is 0 Å². The highest BCUT2D eigenvalue weighted by Crippen LogP contribution is 2.32. The van der Waals surface area contributed by atoms with Gasteiger partial charge in [-0.05, 0) is 42.0 Å². The summed E-state index contributed by atoms with van der Waals surface area (Å²) in [6, 6.07) is 19.4. The standard InChI is InChI=1S/C22H17FN2O5S2/c23-18-8-4-9-19(22(18)32(24,28)29)25-31(26,27)14-13-15-5-1-2-7-17(15)21-12-11-16-6-3-10-20(16)30-21/h1-14,25H,(H2,24,28,29)/b14-13+. The van der Waals surface area contributed by atoms with E-state index < -0.39 is 36.4 Å². The number of nitrogens with one attached hydrogen (secondary N) is 1. The van der Waals surface area contributed by atoms with Gasteiger partial charge in [-0.3, -0.25) is 4.72 Å². The number of sulfonamides is 2. The fourth-order valence-electron chi connectivity index (χ4n) is 3.21. The molecule has 1 heterocycles. The van der Waals surface area contributed by atoms with E-state index in [0.717, 1.165) is 23.1 Å².